The molecule has 0 aliphatic carbocycles. The number of aliphatic hydroxyl groups is 1. The summed E-state index contributed by atoms with van der Waals surface area (Å²) in [6.07, 6.45) is -0.298. The first kappa shape index (κ1) is 10.6. The van der Waals surface area contributed by atoms with Crippen molar-refractivity contribution in [2.75, 3.05) is 13.1 Å². The highest BCUT2D eigenvalue weighted by Gasteiger charge is 2.28. The lowest BCUT2D eigenvalue weighted by Gasteiger charge is -2.24. The summed E-state index contributed by atoms with van der Waals surface area (Å²) in [5.74, 6) is 0. The number of rotatable bonds is 3. The van der Waals surface area contributed by atoms with Crippen LogP contribution in [-0.4, -0.2) is 29.2 Å². The Bertz CT molecular complexity index is 338. The smallest absolute Gasteiger partial charge is 0.0639 e. The number of β-amino-alcohol motifs (C(OH)–C–C–N with tert-alkyl or cyclic N) is 1. The van der Waals surface area contributed by atoms with Gasteiger partial charge in [0.05, 0.1) is 6.10 Å². The fourth-order valence-corrected chi connectivity index (χ4v) is 2.34. The Morgan fingerprint density at radius 1 is 1.53 bits per heavy atom. The summed E-state index contributed by atoms with van der Waals surface area (Å²) in [5.41, 5.74) is 8.45. The molecule has 0 radical (unpaired) electrons. The molecule has 1 aromatic rings. The zero-order chi connectivity index (χ0) is 10.8. The van der Waals surface area contributed by atoms with Gasteiger partial charge in [-0.15, -0.1) is 0 Å². The van der Waals surface area contributed by atoms with Crippen molar-refractivity contribution >= 4 is 0 Å². The van der Waals surface area contributed by atoms with Gasteiger partial charge >= 0.3 is 0 Å². The first-order valence-corrected chi connectivity index (χ1v) is 5.42. The Morgan fingerprint density at radius 2 is 2.27 bits per heavy atom. The minimum absolute atomic E-state index is 0.274. The Balaban J connectivity index is 2.21. The zero-order valence-electron chi connectivity index (χ0n) is 9.06. The molecule has 82 valence electrons. The van der Waals surface area contributed by atoms with E-state index in [1.165, 1.54) is 11.1 Å². The van der Waals surface area contributed by atoms with Gasteiger partial charge in [-0.05, 0) is 18.1 Å². The van der Waals surface area contributed by atoms with Crippen LogP contribution in [0.1, 0.15) is 24.1 Å². The normalized spacial score (nSPS) is 22.7. The Kier molecular flexibility index (Phi) is 3.05. The molecule has 3 heteroatoms. The average molecular weight is 206 g/mol. The molecule has 0 fully saturated rings. The van der Waals surface area contributed by atoms with E-state index in [1.807, 2.05) is 13.0 Å². The number of benzene rings is 1. The van der Waals surface area contributed by atoms with Crippen molar-refractivity contribution in [2.24, 2.45) is 5.73 Å². The van der Waals surface area contributed by atoms with E-state index in [9.17, 15) is 5.11 Å². The maximum Gasteiger partial charge on any atom is 0.0639 e. The predicted octanol–water partition coefficient (Wildman–Crippen LogP) is 0.883. The largest absolute Gasteiger partial charge is 0.392 e. The molecule has 0 spiro atoms. The lowest BCUT2D eigenvalue weighted by atomic mass is 10.1. The van der Waals surface area contributed by atoms with Crippen molar-refractivity contribution in [2.45, 2.75) is 25.6 Å². The summed E-state index contributed by atoms with van der Waals surface area (Å²) in [7, 11) is 0. The minimum atomic E-state index is -0.298. The molecule has 0 saturated carbocycles. The summed E-state index contributed by atoms with van der Waals surface area (Å²) in [4.78, 5) is 2.25. The van der Waals surface area contributed by atoms with Gasteiger partial charge < -0.3 is 10.8 Å². The highest BCUT2D eigenvalue weighted by molar-refractivity contribution is 5.34. The van der Waals surface area contributed by atoms with E-state index in [0.29, 0.717) is 13.1 Å². The molecule has 0 bridgehead atoms. The van der Waals surface area contributed by atoms with Gasteiger partial charge in [0.1, 0.15) is 0 Å². The lowest BCUT2D eigenvalue weighted by Crippen LogP contribution is -2.33. The summed E-state index contributed by atoms with van der Waals surface area (Å²) in [6.45, 7) is 4.03. The molecule has 1 aromatic carbocycles. The standard InChI is InChI=1S/C12H18N2O/c1-9(15)7-14-8-10-4-2-3-5-11(10)12(14)6-13/h2-5,9,12,15H,6-8,13H2,1H3. The average Bonchev–Trinajstić information content (AvgIpc) is 2.53. The number of hydrogen-bond acceptors (Lipinski definition) is 3. The molecule has 2 unspecified atom stereocenters. The van der Waals surface area contributed by atoms with E-state index in [-0.39, 0.29) is 12.1 Å². The third kappa shape index (κ3) is 2.04. The number of nitrogens with zero attached hydrogens (tertiary/aromatic N) is 1. The summed E-state index contributed by atoms with van der Waals surface area (Å²) in [6, 6.07) is 8.65. The van der Waals surface area contributed by atoms with Gasteiger partial charge in [-0.25, -0.2) is 0 Å². The quantitative estimate of drug-likeness (QED) is 0.772. The van der Waals surface area contributed by atoms with Crippen LogP contribution in [0.3, 0.4) is 0 Å². The van der Waals surface area contributed by atoms with E-state index in [0.717, 1.165) is 6.54 Å². The van der Waals surface area contributed by atoms with Crippen molar-refractivity contribution in [3.8, 4) is 0 Å². The van der Waals surface area contributed by atoms with Crippen LogP contribution in [0.5, 0.6) is 0 Å². The predicted molar refractivity (Wildman–Crippen MR) is 60.3 cm³/mol. The maximum atomic E-state index is 9.42. The van der Waals surface area contributed by atoms with E-state index >= 15 is 0 Å². The molecular formula is C12H18N2O. The van der Waals surface area contributed by atoms with Crippen LogP contribution in [-0.2, 0) is 6.54 Å². The zero-order valence-corrected chi connectivity index (χ0v) is 9.06. The molecular weight excluding hydrogens is 188 g/mol. The van der Waals surface area contributed by atoms with Crippen LogP contribution >= 0.6 is 0 Å². The fraction of sp³-hybridized carbons (Fsp3) is 0.500. The molecule has 2 atom stereocenters. The van der Waals surface area contributed by atoms with Crippen LogP contribution in [0.25, 0.3) is 0 Å². The molecule has 3 N–H and O–H groups in total. The molecule has 0 amide bonds. The highest BCUT2D eigenvalue weighted by atomic mass is 16.3. The van der Waals surface area contributed by atoms with E-state index in [2.05, 4.69) is 23.1 Å². The second-order valence-corrected chi connectivity index (χ2v) is 4.23. The molecule has 1 aliphatic rings. The van der Waals surface area contributed by atoms with Gasteiger partial charge in [-0.1, -0.05) is 24.3 Å². The van der Waals surface area contributed by atoms with Crippen LogP contribution < -0.4 is 5.73 Å². The Hall–Kier alpha value is -0.900. The lowest BCUT2D eigenvalue weighted by molar-refractivity contribution is 0.106. The van der Waals surface area contributed by atoms with Crippen LogP contribution in [0.15, 0.2) is 24.3 Å². The van der Waals surface area contributed by atoms with Crippen LogP contribution in [0.2, 0.25) is 0 Å². The maximum absolute atomic E-state index is 9.42. The topological polar surface area (TPSA) is 49.5 Å². The van der Waals surface area contributed by atoms with Gasteiger partial charge in [0.15, 0.2) is 0 Å². The molecule has 0 aromatic heterocycles. The monoisotopic (exact) mass is 206 g/mol. The third-order valence-electron chi connectivity index (χ3n) is 2.95. The van der Waals surface area contributed by atoms with Crippen molar-refractivity contribution < 1.29 is 5.11 Å². The SMILES string of the molecule is CC(O)CN1Cc2ccccc2C1CN. The molecule has 15 heavy (non-hydrogen) atoms. The Labute approximate surface area is 90.5 Å². The minimum Gasteiger partial charge on any atom is -0.392 e. The van der Waals surface area contributed by atoms with Gasteiger partial charge in [-0.3, -0.25) is 4.90 Å². The molecule has 0 saturated heterocycles. The van der Waals surface area contributed by atoms with Crippen molar-refractivity contribution in [1.82, 2.24) is 4.90 Å². The summed E-state index contributed by atoms with van der Waals surface area (Å²) >= 11 is 0. The molecule has 1 aliphatic heterocycles. The first-order chi connectivity index (χ1) is 7.22. The second kappa shape index (κ2) is 4.31. The van der Waals surface area contributed by atoms with E-state index in [1.54, 1.807) is 0 Å². The van der Waals surface area contributed by atoms with Gasteiger partial charge in [0.25, 0.3) is 0 Å². The van der Waals surface area contributed by atoms with Gasteiger partial charge in [-0.2, -0.15) is 0 Å². The molecule has 1 heterocycles. The number of nitrogens with two attached hydrogens (primary N) is 1. The van der Waals surface area contributed by atoms with Crippen molar-refractivity contribution in [1.29, 1.82) is 0 Å². The van der Waals surface area contributed by atoms with Crippen molar-refractivity contribution in [3.63, 3.8) is 0 Å². The fourth-order valence-electron chi connectivity index (χ4n) is 2.34. The number of hydrogen-bond donors (Lipinski definition) is 2. The van der Waals surface area contributed by atoms with Gasteiger partial charge in [0.2, 0.25) is 0 Å². The second-order valence-electron chi connectivity index (χ2n) is 4.23. The van der Waals surface area contributed by atoms with E-state index in [4.69, 9.17) is 5.73 Å². The van der Waals surface area contributed by atoms with Crippen LogP contribution in [0.4, 0.5) is 0 Å². The van der Waals surface area contributed by atoms with Crippen LogP contribution in [0, 0.1) is 0 Å². The molecule has 3 nitrogen and oxygen atoms in total. The highest BCUT2D eigenvalue weighted by Crippen LogP contribution is 2.32. The molecule has 2 rings (SSSR count). The third-order valence-corrected chi connectivity index (χ3v) is 2.95. The first-order valence-electron chi connectivity index (χ1n) is 5.42. The number of fused-ring (bicyclic) bond motifs is 1. The summed E-state index contributed by atoms with van der Waals surface area (Å²) < 4.78 is 0. The Morgan fingerprint density at radius 3 is 2.93 bits per heavy atom. The summed E-state index contributed by atoms with van der Waals surface area (Å²) in [5, 5.41) is 9.42. The number of aliphatic hydroxyl groups excluding tert-OH is 1. The van der Waals surface area contributed by atoms with E-state index < -0.39 is 0 Å². The van der Waals surface area contributed by atoms with Gasteiger partial charge in [0, 0.05) is 25.7 Å². The van der Waals surface area contributed by atoms with Crippen molar-refractivity contribution in [3.05, 3.63) is 35.4 Å².